The molecule has 1 atom stereocenters. The second kappa shape index (κ2) is 9.47. The summed E-state index contributed by atoms with van der Waals surface area (Å²) in [6.07, 6.45) is 0.667. The molecule has 4 N–H and O–H groups in total. The highest BCUT2D eigenvalue weighted by Gasteiger charge is 2.31. The highest BCUT2D eigenvalue weighted by atomic mass is 16.2. The summed E-state index contributed by atoms with van der Waals surface area (Å²) in [5, 5.41) is 15.2. The van der Waals surface area contributed by atoms with Crippen molar-refractivity contribution in [2.45, 2.75) is 25.4 Å². The van der Waals surface area contributed by atoms with Crippen molar-refractivity contribution in [2.75, 3.05) is 11.9 Å². The van der Waals surface area contributed by atoms with Gasteiger partial charge in [-0.05, 0) is 12.0 Å². The molecular formula is C24H25N7O2. The molecule has 3 aromatic rings. The number of nitrogens with two attached hydrogens (primary N) is 1. The van der Waals surface area contributed by atoms with E-state index >= 15 is 0 Å². The lowest BCUT2D eigenvalue weighted by Crippen LogP contribution is -2.48. The van der Waals surface area contributed by atoms with Crippen LogP contribution in [0.5, 0.6) is 0 Å². The van der Waals surface area contributed by atoms with Crippen molar-refractivity contribution in [3.8, 4) is 11.3 Å². The van der Waals surface area contributed by atoms with Gasteiger partial charge in [-0.1, -0.05) is 60.7 Å². The van der Waals surface area contributed by atoms with Gasteiger partial charge in [0.2, 0.25) is 5.84 Å². The first-order valence-corrected chi connectivity index (χ1v) is 10.6. The normalized spacial score (nSPS) is 16.2. The minimum Gasteiger partial charge on any atom is -0.387 e. The van der Waals surface area contributed by atoms with Crippen LogP contribution in [-0.4, -0.2) is 46.4 Å². The van der Waals surface area contributed by atoms with Crippen molar-refractivity contribution >= 4 is 29.3 Å². The highest BCUT2D eigenvalue weighted by Crippen LogP contribution is 2.26. The molecule has 9 nitrogen and oxygen atoms in total. The minimum absolute atomic E-state index is 0.152. The molecular weight excluding hydrogens is 418 g/mol. The number of benzene rings is 2. The Bertz CT molecular complexity index is 1200. The Hall–Kier alpha value is -4.27. The van der Waals surface area contributed by atoms with E-state index in [1.165, 1.54) is 4.90 Å². The Balaban J connectivity index is 1.42. The van der Waals surface area contributed by atoms with Crippen LogP contribution in [-0.2, 0) is 22.6 Å². The molecule has 0 aliphatic carbocycles. The summed E-state index contributed by atoms with van der Waals surface area (Å²) < 4.78 is 1.76. The van der Waals surface area contributed by atoms with Crippen LogP contribution in [0.3, 0.4) is 0 Å². The number of anilines is 1. The van der Waals surface area contributed by atoms with Crippen LogP contribution in [0.25, 0.3) is 11.3 Å². The first kappa shape index (κ1) is 21.9. The number of amidine groups is 2. The molecule has 168 valence electrons. The number of carbonyl (C=O) groups excluding carboxylic acids is 2. The summed E-state index contributed by atoms with van der Waals surface area (Å²) in [4.78, 5) is 30.9. The average molecular weight is 444 g/mol. The Morgan fingerprint density at radius 2 is 1.85 bits per heavy atom. The zero-order chi connectivity index (χ0) is 23.4. The van der Waals surface area contributed by atoms with Gasteiger partial charge in [-0.25, -0.2) is 9.67 Å². The Morgan fingerprint density at radius 1 is 1.18 bits per heavy atom. The molecule has 33 heavy (non-hydrogen) atoms. The molecule has 2 heterocycles. The van der Waals surface area contributed by atoms with Crippen molar-refractivity contribution in [1.82, 2.24) is 15.1 Å². The molecule has 1 aliphatic rings. The van der Waals surface area contributed by atoms with Crippen LogP contribution in [0.15, 0.2) is 71.7 Å². The van der Waals surface area contributed by atoms with Crippen molar-refractivity contribution in [1.29, 1.82) is 5.41 Å². The number of amides is 2. The highest BCUT2D eigenvalue weighted by molar-refractivity contribution is 6.39. The number of hydrogen-bond donors (Lipinski definition) is 3. The summed E-state index contributed by atoms with van der Waals surface area (Å²) in [5.74, 6) is -0.764. The lowest BCUT2D eigenvalue weighted by molar-refractivity contribution is -0.124. The van der Waals surface area contributed by atoms with Gasteiger partial charge < -0.3 is 11.1 Å². The second-order valence-electron chi connectivity index (χ2n) is 7.80. The number of aliphatic imine (C=N–C) groups is 1. The number of nitrogens with zero attached hydrogens (tertiary/aromatic N) is 4. The fourth-order valence-electron chi connectivity index (χ4n) is 3.71. The number of aromatic nitrogens is 2. The topological polar surface area (TPSA) is 129 Å². The van der Waals surface area contributed by atoms with E-state index in [9.17, 15) is 9.59 Å². The number of hydrogen-bond acceptors (Lipinski definition) is 4. The molecule has 0 spiro atoms. The van der Waals surface area contributed by atoms with Gasteiger partial charge in [0.1, 0.15) is 17.7 Å². The van der Waals surface area contributed by atoms with Crippen LogP contribution < -0.4 is 16.0 Å². The molecule has 9 heteroatoms. The van der Waals surface area contributed by atoms with Gasteiger partial charge in [0.25, 0.3) is 11.8 Å². The third kappa shape index (κ3) is 4.98. The van der Waals surface area contributed by atoms with Gasteiger partial charge in [0.15, 0.2) is 0 Å². The van der Waals surface area contributed by atoms with E-state index in [-0.39, 0.29) is 11.7 Å². The van der Waals surface area contributed by atoms with E-state index < -0.39 is 17.8 Å². The van der Waals surface area contributed by atoms with Gasteiger partial charge in [-0.15, -0.1) is 0 Å². The standard InChI is InChI=1S/C24H25N7O2/c1-30-21-15-19(17-10-6-3-7-11-17)29-31(21)13-12-18(24(30)33)27-23(32)22(26)28-20(25)14-16-8-4-2-5-9-16/h2-11,15,18H,12-14H2,1H3,(H,27,32)(H3,25,26,28). The molecule has 1 aromatic heterocycles. The molecule has 0 radical (unpaired) electrons. The number of aryl methyl sites for hydroxylation is 1. The SMILES string of the molecule is CN1C(=O)C(NC(=O)C(=N)N=C(N)Cc2ccccc2)CCn2nc(-c3ccccc3)cc21. The smallest absolute Gasteiger partial charge is 0.289 e. The molecule has 1 aliphatic heterocycles. The molecule has 4 rings (SSSR count). The largest absolute Gasteiger partial charge is 0.387 e. The summed E-state index contributed by atoms with van der Waals surface area (Å²) in [7, 11) is 1.65. The second-order valence-corrected chi connectivity index (χ2v) is 7.80. The fraction of sp³-hybridized carbons (Fsp3) is 0.208. The van der Waals surface area contributed by atoms with Gasteiger partial charge in [-0.3, -0.25) is 19.9 Å². The monoisotopic (exact) mass is 443 g/mol. The fourth-order valence-corrected chi connectivity index (χ4v) is 3.71. The molecule has 0 saturated carbocycles. The lowest BCUT2D eigenvalue weighted by atomic mass is 10.1. The van der Waals surface area contributed by atoms with Crippen LogP contribution in [0.1, 0.15) is 12.0 Å². The van der Waals surface area contributed by atoms with Crippen molar-refractivity contribution in [3.05, 3.63) is 72.3 Å². The molecule has 2 amide bonds. The van der Waals surface area contributed by atoms with E-state index in [2.05, 4.69) is 15.4 Å². The number of rotatable bonds is 4. The molecule has 2 aromatic carbocycles. The first-order chi connectivity index (χ1) is 15.9. The van der Waals surface area contributed by atoms with Gasteiger partial charge in [0, 0.05) is 31.6 Å². The van der Waals surface area contributed by atoms with Crippen LogP contribution >= 0.6 is 0 Å². The number of carbonyl (C=O) groups is 2. The quantitative estimate of drug-likeness (QED) is 0.420. The van der Waals surface area contributed by atoms with E-state index in [0.29, 0.717) is 25.2 Å². The van der Waals surface area contributed by atoms with E-state index in [4.69, 9.17) is 11.1 Å². The maximum Gasteiger partial charge on any atom is 0.289 e. The first-order valence-electron chi connectivity index (χ1n) is 10.6. The van der Waals surface area contributed by atoms with Crippen LogP contribution in [0, 0.1) is 5.41 Å². The predicted octanol–water partition coefficient (Wildman–Crippen LogP) is 1.98. The number of fused-ring (bicyclic) bond motifs is 1. The number of nitrogens with one attached hydrogen (secondary N) is 2. The third-order valence-electron chi connectivity index (χ3n) is 5.43. The zero-order valence-electron chi connectivity index (χ0n) is 18.2. The molecule has 1 unspecified atom stereocenters. The van der Waals surface area contributed by atoms with Crippen molar-refractivity contribution in [3.63, 3.8) is 0 Å². The maximum atomic E-state index is 13.0. The summed E-state index contributed by atoms with van der Waals surface area (Å²) >= 11 is 0. The third-order valence-corrected chi connectivity index (χ3v) is 5.43. The van der Waals surface area contributed by atoms with Crippen LogP contribution in [0.2, 0.25) is 0 Å². The summed E-state index contributed by atoms with van der Waals surface area (Å²) in [6, 6.07) is 20.2. The minimum atomic E-state index is -0.796. The molecule has 0 fully saturated rings. The summed E-state index contributed by atoms with van der Waals surface area (Å²) in [5.41, 5.74) is 8.56. The maximum absolute atomic E-state index is 13.0. The predicted molar refractivity (Wildman–Crippen MR) is 127 cm³/mol. The molecule has 0 saturated heterocycles. The Kier molecular flexibility index (Phi) is 6.30. The van der Waals surface area contributed by atoms with Crippen molar-refractivity contribution in [2.24, 2.45) is 10.7 Å². The van der Waals surface area contributed by atoms with E-state index in [1.807, 2.05) is 66.7 Å². The molecule has 0 bridgehead atoms. The van der Waals surface area contributed by atoms with Gasteiger partial charge in [-0.2, -0.15) is 5.10 Å². The summed E-state index contributed by atoms with van der Waals surface area (Å²) in [6.45, 7) is 0.440. The van der Waals surface area contributed by atoms with Gasteiger partial charge in [0.05, 0.1) is 5.69 Å². The van der Waals surface area contributed by atoms with E-state index in [1.54, 1.807) is 11.7 Å². The van der Waals surface area contributed by atoms with Crippen LogP contribution in [0.4, 0.5) is 5.82 Å². The Morgan fingerprint density at radius 3 is 2.55 bits per heavy atom. The van der Waals surface area contributed by atoms with E-state index in [0.717, 1.165) is 16.8 Å². The van der Waals surface area contributed by atoms with Gasteiger partial charge >= 0.3 is 0 Å². The Labute approximate surface area is 191 Å². The lowest BCUT2D eigenvalue weighted by Gasteiger charge is -2.20. The number of likely N-dealkylation sites (N-methyl/N-ethyl adjacent to an activating group) is 1. The van der Waals surface area contributed by atoms with Crippen molar-refractivity contribution < 1.29 is 9.59 Å². The zero-order valence-corrected chi connectivity index (χ0v) is 18.2. The average Bonchev–Trinajstić information content (AvgIpc) is 3.22.